The first kappa shape index (κ1) is 14.5. The van der Waals surface area contributed by atoms with E-state index >= 15 is 0 Å². The molecule has 2 heterocycles. The highest BCUT2D eigenvalue weighted by molar-refractivity contribution is 5.93. The molecule has 0 amide bonds. The van der Waals surface area contributed by atoms with Crippen molar-refractivity contribution in [3.8, 4) is 6.07 Å². The Morgan fingerprint density at radius 1 is 1.36 bits per heavy atom. The second kappa shape index (κ2) is 5.78. The average Bonchev–Trinajstić information content (AvgIpc) is 2.45. The topological polar surface area (TPSA) is 99.6 Å². The van der Waals surface area contributed by atoms with E-state index in [0.717, 1.165) is 35.2 Å². The highest BCUT2D eigenvalue weighted by Gasteiger charge is 2.25. The fraction of sp³-hybridized carbons (Fsp3) is 0.438. The number of rotatable bonds is 4. The maximum atomic E-state index is 9.11. The minimum atomic E-state index is 0.235. The molecule has 114 valence electrons. The van der Waals surface area contributed by atoms with Crippen molar-refractivity contribution in [2.45, 2.75) is 44.8 Å². The molecule has 6 nitrogen and oxygen atoms in total. The van der Waals surface area contributed by atoms with Gasteiger partial charge >= 0.3 is 0 Å². The van der Waals surface area contributed by atoms with Gasteiger partial charge < -0.3 is 16.4 Å². The molecule has 3 rings (SSSR count). The lowest BCUT2D eigenvalue weighted by atomic mass is 9.88. The summed E-state index contributed by atoms with van der Waals surface area (Å²) in [5.74, 6) is 1.54. The minimum Gasteiger partial charge on any atom is -0.367 e. The number of nitrogens with zero attached hydrogens (tertiary/aromatic N) is 3. The van der Waals surface area contributed by atoms with Crippen LogP contribution in [-0.4, -0.2) is 28.1 Å². The smallest absolute Gasteiger partial charge is 0.143 e. The summed E-state index contributed by atoms with van der Waals surface area (Å²) in [5, 5.41) is 17.7. The number of nitrogens with two attached hydrogens (primary N) is 1. The van der Waals surface area contributed by atoms with E-state index in [1.54, 1.807) is 12.3 Å². The van der Waals surface area contributed by atoms with Gasteiger partial charge in [0.25, 0.3) is 0 Å². The molecule has 2 aromatic rings. The molecule has 0 bridgehead atoms. The predicted octanol–water partition coefficient (Wildman–Crippen LogP) is 2.22. The van der Waals surface area contributed by atoms with Gasteiger partial charge in [0.05, 0.1) is 0 Å². The molecule has 6 heteroatoms. The van der Waals surface area contributed by atoms with Crippen LogP contribution in [0.2, 0.25) is 0 Å². The predicted molar refractivity (Wildman–Crippen MR) is 87.6 cm³/mol. The van der Waals surface area contributed by atoms with Gasteiger partial charge in [-0.25, -0.2) is 9.97 Å². The van der Waals surface area contributed by atoms with Crippen molar-refractivity contribution in [2.75, 3.05) is 10.6 Å². The lowest BCUT2D eigenvalue weighted by Crippen LogP contribution is -2.44. The van der Waals surface area contributed by atoms with Gasteiger partial charge in [-0.05, 0) is 38.8 Å². The maximum Gasteiger partial charge on any atom is 0.143 e. The monoisotopic (exact) mass is 296 g/mol. The van der Waals surface area contributed by atoms with E-state index in [9.17, 15) is 0 Å². The largest absolute Gasteiger partial charge is 0.367 e. The highest BCUT2D eigenvalue weighted by Crippen LogP contribution is 2.27. The molecule has 1 saturated carbocycles. The zero-order valence-corrected chi connectivity index (χ0v) is 12.8. The van der Waals surface area contributed by atoms with Crippen LogP contribution >= 0.6 is 0 Å². The first-order valence-corrected chi connectivity index (χ1v) is 7.54. The van der Waals surface area contributed by atoms with Crippen LogP contribution in [0.5, 0.6) is 0 Å². The molecule has 0 aliphatic heterocycles. The Morgan fingerprint density at radius 3 is 2.77 bits per heavy atom. The molecule has 2 aromatic heterocycles. The van der Waals surface area contributed by atoms with Crippen molar-refractivity contribution in [1.82, 2.24) is 9.97 Å². The number of hydrogen-bond acceptors (Lipinski definition) is 6. The number of fused-ring (bicyclic) bond motifs is 1. The van der Waals surface area contributed by atoms with Crippen molar-refractivity contribution < 1.29 is 0 Å². The van der Waals surface area contributed by atoms with Crippen LogP contribution in [0.1, 0.15) is 32.4 Å². The minimum absolute atomic E-state index is 0.235. The molecule has 0 radical (unpaired) electrons. The summed E-state index contributed by atoms with van der Waals surface area (Å²) >= 11 is 0. The summed E-state index contributed by atoms with van der Waals surface area (Å²) in [6.07, 6.45) is 3.73. The first-order valence-electron chi connectivity index (χ1n) is 7.54. The quantitative estimate of drug-likeness (QED) is 0.800. The van der Waals surface area contributed by atoms with Crippen molar-refractivity contribution in [3.63, 3.8) is 0 Å². The molecule has 4 N–H and O–H groups in total. The van der Waals surface area contributed by atoms with Gasteiger partial charge in [-0.2, -0.15) is 5.26 Å². The summed E-state index contributed by atoms with van der Waals surface area (Å²) < 4.78 is 0. The van der Waals surface area contributed by atoms with E-state index in [-0.39, 0.29) is 6.04 Å². The van der Waals surface area contributed by atoms with Crippen LogP contribution in [-0.2, 0) is 0 Å². The Hall–Kier alpha value is -2.39. The summed E-state index contributed by atoms with van der Waals surface area (Å²) in [4.78, 5) is 8.81. The molecular formula is C16H20N6. The average molecular weight is 296 g/mol. The summed E-state index contributed by atoms with van der Waals surface area (Å²) in [7, 11) is 0. The molecule has 0 atom stereocenters. The van der Waals surface area contributed by atoms with Crippen LogP contribution in [0, 0.1) is 11.3 Å². The number of hydrogen-bond donors (Lipinski definition) is 3. The van der Waals surface area contributed by atoms with Gasteiger partial charge in [0.2, 0.25) is 0 Å². The van der Waals surface area contributed by atoms with E-state index in [1.807, 2.05) is 19.9 Å². The van der Waals surface area contributed by atoms with E-state index in [2.05, 4.69) is 26.7 Å². The van der Waals surface area contributed by atoms with E-state index in [4.69, 9.17) is 11.0 Å². The third-order valence-electron chi connectivity index (χ3n) is 3.78. The van der Waals surface area contributed by atoms with Crippen LogP contribution in [0.15, 0.2) is 18.3 Å². The van der Waals surface area contributed by atoms with E-state index in [0.29, 0.717) is 17.8 Å². The second-order valence-corrected chi connectivity index (χ2v) is 6.13. The highest BCUT2D eigenvalue weighted by atomic mass is 15.0. The van der Waals surface area contributed by atoms with Crippen LogP contribution < -0.4 is 16.4 Å². The van der Waals surface area contributed by atoms with Crippen molar-refractivity contribution in [1.29, 1.82) is 5.26 Å². The molecule has 22 heavy (non-hydrogen) atoms. The molecule has 1 fully saturated rings. The van der Waals surface area contributed by atoms with Gasteiger partial charge in [0.1, 0.15) is 23.4 Å². The Balaban J connectivity index is 1.96. The standard InChI is InChI=1S/C16H20N6/c1-9(2)20-16-14-6-15(21-12-4-11(18)5-12)19-8-10(14)3-13(7-17)22-16/h3,6,8-9,11-12H,4-5,18H2,1-2H3,(H,19,21)(H,20,22)/t11-,12+. The number of nitriles is 1. The van der Waals surface area contributed by atoms with Gasteiger partial charge in [0, 0.05) is 35.1 Å². The van der Waals surface area contributed by atoms with Gasteiger partial charge in [0.15, 0.2) is 0 Å². The number of anilines is 2. The SMILES string of the molecule is CC(C)Nc1nc(C#N)cc2cnc(N[C@H]3C[C@@H](N)C3)cc12. The first-order chi connectivity index (χ1) is 10.5. The fourth-order valence-corrected chi connectivity index (χ4v) is 2.65. The zero-order valence-electron chi connectivity index (χ0n) is 12.8. The van der Waals surface area contributed by atoms with Crippen LogP contribution in [0.4, 0.5) is 11.6 Å². The Kier molecular flexibility index (Phi) is 3.82. The van der Waals surface area contributed by atoms with Gasteiger partial charge in [-0.1, -0.05) is 0 Å². The summed E-state index contributed by atoms with van der Waals surface area (Å²) in [6, 6.07) is 6.77. The molecule has 1 aliphatic carbocycles. The van der Waals surface area contributed by atoms with Crippen molar-refractivity contribution in [2.24, 2.45) is 5.73 Å². The molecule has 0 aromatic carbocycles. The summed E-state index contributed by atoms with van der Waals surface area (Å²) in [5.41, 5.74) is 6.20. The number of nitrogens with one attached hydrogen (secondary N) is 2. The zero-order chi connectivity index (χ0) is 15.7. The Labute approximate surface area is 129 Å². The second-order valence-electron chi connectivity index (χ2n) is 6.13. The normalized spacial score (nSPS) is 20.5. The Bertz CT molecular complexity index is 727. The molecule has 1 aliphatic rings. The van der Waals surface area contributed by atoms with Gasteiger partial charge in [-0.3, -0.25) is 0 Å². The van der Waals surface area contributed by atoms with Crippen molar-refractivity contribution in [3.05, 3.63) is 24.0 Å². The maximum absolute atomic E-state index is 9.11. The molecule has 0 spiro atoms. The lowest BCUT2D eigenvalue weighted by Gasteiger charge is -2.33. The van der Waals surface area contributed by atoms with E-state index in [1.165, 1.54) is 0 Å². The molecule has 0 unspecified atom stereocenters. The lowest BCUT2D eigenvalue weighted by molar-refractivity contribution is 0.373. The van der Waals surface area contributed by atoms with Crippen molar-refractivity contribution >= 4 is 22.4 Å². The number of aromatic nitrogens is 2. The molecular weight excluding hydrogens is 276 g/mol. The van der Waals surface area contributed by atoms with Crippen LogP contribution in [0.25, 0.3) is 10.8 Å². The third-order valence-corrected chi connectivity index (χ3v) is 3.78. The third kappa shape index (κ3) is 2.95. The van der Waals surface area contributed by atoms with Gasteiger partial charge in [-0.15, -0.1) is 0 Å². The Morgan fingerprint density at radius 2 is 2.14 bits per heavy atom. The summed E-state index contributed by atoms with van der Waals surface area (Å²) in [6.45, 7) is 4.09. The van der Waals surface area contributed by atoms with E-state index < -0.39 is 0 Å². The number of pyridine rings is 2. The molecule has 0 saturated heterocycles. The van der Waals surface area contributed by atoms with Crippen LogP contribution in [0.3, 0.4) is 0 Å². The fourth-order valence-electron chi connectivity index (χ4n) is 2.65.